The van der Waals surface area contributed by atoms with Gasteiger partial charge in [0.15, 0.2) is 5.76 Å². The first-order valence-electron chi connectivity index (χ1n) is 9.40. The molecule has 0 N–H and O–H groups in total. The van der Waals surface area contributed by atoms with E-state index in [2.05, 4.69) is 21.1 Å². The van der Waals surface area contributed by atoms with Crippen molar-refractivity contribution < 1.29 is 17.7 Å². The number of benzene rings is 1. The van der Waals surface area contributed by atoms with Crippen LogP contribution in [-0.2, 0) is 27.7 Å². The Hall–Kier alpha value is -1.71. The van der Waals surface area contributed by atoms with Crippen molar-refractivity contribution >= 4 is 37.5 Å². The molecule has 1 amide bonds. The number of hydrogen-bond acceptors (Lipinski definition) is 5. The van der Waals surface area contributed by atoms with Crippen LogP contribution in [0.25, 0.3) is 0 Å². The summed E-state index contributed by atoms with van der Waals surface area (Å²) in [6.45, 7) is 4.35. The normalized spacial score (nSPS) is 20.0. The number of sulfonamides is 1. The second-order valence-corrected chi connectivity index (χ2v) is 9.95. The summed E-state index contributed by atoms with van der Waals surface area (Å²) in [5, 5.41) is 4.02. The first kappa shape index (κ1) is 19.6. The van der Waals surface area contributed by atoms with Crippen LogP contribution in [0, 0.1) is 0 Å². The van der Waals surface area contributed by atoms with Gasteiger partial charge < -0.3 is 9.42 Å². The van der Waals surface area contributed by atoms with Crippen LogP contribution >= 0.6 is 15.9 Å². The van der Waals surface area contributed by atoms with Gasteiger partial charge in [0.05, 0.1) is 17.4 Å². The number of halogens is 1. The van der Waals surface area contributed by atoms with E-state index >= 15 is 0 Å². The fourth-order valence-corrected chi connectivity index (χ4v) is 6.66. The molecule has 150 valence electrons. The summed E-state index contributed by atoms with van der Waals surface area (Å²) >= 11 is 3.43. The third-order valence-electron chi connectivity index (χ3n) is 5.43. The average molecular weight is 468 g/mol. The average Bonchev–Trinajstić information content (AvgIpc) is 3.38. The first-order valence-corrected chi connectivity index (χ1v) is 11.6. The van der Waals surface area contributed by atoms with Gasteiger partial charge in [0.1, 0.15) is 4.90 Å². The number of aromatic nitrogens is 1. The molecule has 1 atom stereocenters. The zero-order valence-corrected chi connectivity index (χ0v) is 18.2. The number of nitrogens with zero attached hydrogens (tertiary/aromatic N) is 3. The molecule has 2 aromatic rings. The molecule has 1 unspecified atom stereocenters. The number of hydrogen-bond donors (Lipinski definition) is 0. The monoisotopic (exact) mass is 467 g/mol. The Morgan fingerprint density at radius 2 is 2.11 bits per heavy atom. The molecule has 9 heteroatoms. The van der Waals surface area contributed by atoms with Crippen molar-refractivity contribution in [2.24, 2.45) is 0 Å². The van der Waals surface area contributed by atoms with E-state index in [4.69, 9.17) is 4.52 Å². The van der Waals surface area contributed by atoms with Gasteiger partial charge in [0, 0.05) is 30.6 Å². The SMILES string of the molecule is CCc1cc(C2CCCN2S(=O)(=O)c2cc(Br)cc3c2N(C(C)=O)CC3)on1. The Morgan fingerprint density at radius 1 is 1.32 bits per heavy atom. The fourth-order valence-electron chi connectivity index (χ4n) is 4.07. The van der Waals surface area contributed by atoms with E-state index in [1.165, 1.54) is 11.2 Å². The number of aryl methyl sites for hydroxylation is 1. The van der Waals surface area contributed by atoms with E-state index in [0.717, 1.165) is 24.1 Å². The quantitative estimate of drug-likeness (QED) is 0.687. The van der Waals surface area contributed by atoms with E-state index < -0.39 is 10.0 Å². The van der Waals surface area contributed by atoms with Gasteiger partial charge in [0.2, 0.25) is 15.9 Å². The van der Waals surface area contributed by atoms with Gasteiger partial charge in [-0.3, -0.25) is 4.79 Å². The number of carbonyl (C=O) groups excluding carboxylic acids is 1. The molecule has 0 spiro atoms. The highest BCUT2D eigenvalue weighted by molar-refractivity contribution is 9.10. The Labute approximate surface area is 172 Å². The van der Waals surface area contributed by atoms with E-state index in [-0.39, 0.29) is 16.8 Å². The molecular weight excluding hydrogens is 446 g/mol. The van der Waals surface area contributed by atoms with Crippen molar-refractivity contribution in [3.05, 3.63) is 39.7 Å². The Bertz CT molecular complexity index is 1030. The lowest BCUT2D eigenvalue weighted by Gasteiger charge is -2.25. The fraction of sp³-hybridized carbons (Fsp3) is 0.474. The van der Waals surface area contributed by atoms with Crippen molar-refractivity contribution in [3.8, 4) is 0 Å². The largest absolute Gasteiger partial charge is 0.359 e. The topological polar surface area (TPSA) is 83.7 Å². The van der Waals surface area contributed by atoms with Crippen LogP contribution in [0.4, 0.5) is 5.69 Å². The highest BCUT2D eigenvalue weighted by atomic mass is 79.9. The Balaban J connectivity index is 1.79. The van der Waals surface area contributed by atoms with Gasteiger partial charge in [-0.05, 0) is 43.4 Å². The van der Waals surface area contributed by atoms with E-state index in [1.807, 2.05) is 19.1 Å². The van der Waals surface area contributed by atoms with Crippen molar-refractivity contribution in [1.29, 1.82) is 0 Å². The molecule has 1 aromatic heterocycles. The molecule has 1 saturated heterocycles. The van der Waals surface area contributed by atoms with Crippen LogP contribution in [0.3, 0.4) is 0 Å². The van der Waals surface area contributed by atoms with Gasteiger partial charge in [-0.25, -0.2) is 8.42 Å². The van der Waals surface area contributed by atoms with E-state index in [9.17, 15) is 13.2 Å². The summed E-state index contributed by atoms with van der Waals surface area (Å²) < 4.78 is 35.0. The summed E-state index contributed by atoms with van der Waals surface area (Å²) in [5.41, 5.74) is 2.19. The standard InChI is InChI=1S/C19H22BrN3O4S/c1-3-15-11-17(27-21-15)16-5-4-7-23(16)28(25,26)18-10-14(20)9-13-6-8-22(12(2)24)19(13)18/h9-11,16H,3-8H2,1-2H3. The third-order valence-corrected chi connectivity index (χ3v) is 7.81. The van der Waals surface area contributed by atoms with Crippen molar-refractivity contribution in [2.75, 3.05) is 18.0 Å². The summed E-state index contributed by atoms with van der Waals surface area (Å²) in [4.78, 5) is 13.8. The van der Waals surface area contributed by atoms with Crippen molar-refractivity contribution in [1.82, 2.24) is 9.46 Å². The second-order valence-electron chi connectivity index (χ2n) is 7.18. The molecule has 4 rings (SSSR count). The molecule has 1 fully saturated rings. The minimum absolute atomic E-state index is 0.154. The minimum Gasteiger partial charge on any atom is -0.359 e. The van der Waals surface area contributed by atoms with Gasteiger partial charge >= 0.3 is 0 Å². The Morgan fingerprint density at radius 3 is 2.79 bits per heavy atom. The predicted molar refractivity (Wildman–Crippen MR) is 108 cm³/mol. The first-order chi connectivity index (χ1) is 13.3. The van der Waals surface area contributed by atoms with Gasteiger partial charge in [-0.2, -0.15) is 4.31 Å². The summed E-state index contributed by atoms with van der Waals surface area (Å²) in [5.74, 6) is 0.423. The maximum atomic E-state index is 13.7. The van der Waals surface area contributed by atoms with E-state index in [0.29, 0.717) is 41.9 Å². The molecule has 0 aliphatic carbocycles. The maximum Gasteiger partial charge on any atom is 0.245 e. The van der Waals surface area contributed by atoms with E-state index in [1.54, 1.807) is 11.0 Å². The van der Waals surface area contributed by atoms with Crippen molar-refractivity contribution in [3.63, 3.8) is 0 Å². The van der Waals surface area contributed by atoms with Crippen LogP contribution in [0.5, 0.6) is 0 Å². The molecule has 0 bridgehead atoms. The molecular formula is C19H22BrN3O4S. The molecule has 1 aromatic carbocycles. The summed E-state index contributed by atoms with van der Waals surface area (Å²) in [7, 11) is -3.83. The van der Waals surface area contributed by atoms with Crippen LogP contribution < -0.4 is 4.90 Å². The van der Waals surface area contributed by atoms with Crippen molar-refractivity contribution in [2.45, 2.75) is 50.5 Å². The lowest BCUT2D eigenvalue weighted by atomic mass is 10.1. The van der Waals surface area contributed by atoms with Gasteiger partial charge in [0.25, 0.3) is 0 Å². The summed E-state index contributed by atoms with van der Waals surface area (Å²) in [6.07, 6.45) is 2.81. The van der Waals surface area contributed by atoms with Crippen LogP contribution in [-0.4, -0.2) is 36.9 Å². The number of anilines is 1. The number of carbonyl (C=O) groups is 1. The zero-order chi connectivity index (χ0) is 20.1. The third kappa shape index (κ3) is 3.19. The predicted octanol–water partition coefficient (Wildman–Crippen LogP) is 3.43. The minimum atomic E-state index is -3.83. The smallest absolute Gasteiger partial charge is 0.245 e. The lowest BCUT2D eigenvalue weighted by molar-refractivity contribution is -0.116. The van der Waals surface area contributed by atoms with Crippen LogP contribution in [0.2, 0.25) is 0 Å². The molecule has 0 radical (unpaired) electrons. The molecule has 2 aliphatic rings. The van der Waals surface area contributed by atoms with Gasteiger partial charge in [-0.1, -0.05) is 28.0 Å². The van der Waals surface area contributed by atoms with Gasteiger partial charge in [-0.15, -0.1) is 0 Å². The molecule has 0 saturated carbocycles. The second kappa shape index (κ2) is 7.27. The maximum absolute atomic E-state index is 13.7. The molecule has 3 heterocycles. The lowest BCUT2D eigenvalue weighted by Crippen LogP contribution is -2.33. The highest BCUT2D eigenvalue weighted by Gasteiger charge is 2.41. The van der Waals surface area contributed by atoms with Crippen LogP contribution in [0.15, 0.2) is 32.1 Å². The molecule has 2 aliphatic heterocycles. The zero-order valence-electron chi connectivity index (χ0n) is 15.8. The number of rotatable bonds is 4. The van der Waals surface area contributed by atoms with Crippen LogP contribution in [0.1, 0.15) is 49.7 Å². The number of amides is 1. The number of fused-ring (bicyclic) bond motifs is 1. The highest BCUT2D eigenvalue weighted by Crippen LogP contribution is 2.43. The molecule has 28 heavy (non-hydrogen) atoms. The summed E-state index contributed by atoms with van der Waals surface area (Å²) in [6, 6.07) is 4.96. The molecule has 7 nitrogen and oxygen atoms in total. The Kier molecular flexibility index (Phi) is 5.09.